The third-order valence-electron chi connectivity index (χ3n) is 6.92. The average Bonchev–Trinajstić information content (AvgIpc) is 3.42. The molecular weight excluding hydrogens is 549 g/mol. The highest BCUT2D eigenvalue weighted by Crippen LogP contribution is 2.29. The van der Waals surface area contributed by atoms with Crippen LogP contribution in [0.5, 0.6) is 0 Å². The molecule has 0 saturated carbocycles. The van der Waals surface area contributed by atoms with E-state index in [4.69, 9.17) is 0 Å². The molecule has 3 heterocycles. The molecule has 2 aromatic carbocycles. The maximum absolute atomic E-state index is 13.1. The molecule has 42 heavy (non-hydrogen) atoms. The Morgan fingerprint density at radius 1 is 0.952 bits per heavy atom. The lowest BCUT2D eigenvalue weighted by atomic mass is 9.99. The minimum Gasteiger partial charge on any atom is -0.441 e. The number of nitrogens with one attached hydrogen (secondary N) is 3. The maximum Gasteiger partial charge on any atom is 0.490 e. The first kappa shape index (κ1) is 28.6. The van der Waals surface area contributed by atoms with E-state index in [1.807, 2.05) is 26.0 Å². The van der Waals surface area contributed by atoms with E-state index in [0.717, 1.165) is 22.5 Å². The number of amides is 2. The lowest BCUT2D eigenvalue weighted by Gasteiger charge is -2.19. The van der Waals surface area contributed by atoms with E-state index >= 15 is 0 Å². The number of H-pyrrole nitrogens is 1. The summed E-state index contributed by atoms with van der Waals surface area (Å²) in [6.45, 7) is 4.47. The molecule has 11 heteroatoms. The van der Waals surface area contributed by atoms with Gasteiger partial charge >= 0.3 is 12.1 Å². The number of ether oxygens (including phenoxy) is 1. The largest absolute Gasteiger partial charge is 0.490 e. The second-order valence-corrected chi connectivity index (χ2v) is 10.2. The van der Waals surface area contributed by atoms with Crippen molar-refractivity contribution >= 4 is 23.5 Å². The predicted molar refractivity (Wildman–Crippen MR) is 150 cm³/mol. The molecule has 1 unspecified atom stereocenters. The molecule has 1 aliphatic rings. The number of fused-ring (bicyclic) bond motifs is 1. The highest BCUT2D eigenvalue weighted by Gasteiger charge is 2.43. The molecule has 0 spiro atoms. The zero-order chi connectivity index (χ0) is 30.0. The van der Waals surface area contributed by atoms with Crippen molar-refractivity contribution in [3.63, 3.8) is 0 Å². The van der Waals surface area contributed by atoms with Crippen molar-refractivity contribution in [1.82, 2.24) is 15.3 Å². The molecule has 0 saturated heterocycles. The molecule has 1 aliphatic heterocycles. The highest BCUT2D eigenvalue weighted by atomic mass is 19.4. The molecule has 0 fully saturated rings. The van der Waals surface area contributed by atoms with Crippen molar-refractivity contribution in [1.29, 1.82) is 0 Å². The summed E-state index contributed by atoms with van der Waals surface area (Å²) in [6.07, 6.45) is -4.71. The van der Waals surface area contributed by atoms with Gasteiger partial charge in [0.2, 0.25) is 6.10 Å². The Balaban J connectivity index is 1.34. The standard InChI is InChI=1S/C31H27F3N4O4/c1-17(2)18-3-5-20(6-4-18)27(42-30(41)31(32,33)34)29(40)37-22-9-7-19(8-10-22)25-15-21(11-13-35-25)26-16-23-24(38-26)12-14-36-28(23)39/h3-11,13,15-17,27,38H,12,14H2,1-2H3,(H,36,39)(H,37,40). The summed E-state index contributed by atoms with van der Waals surface area (Å²) < 4.78 is 43.5. The monoisotopic (exact) mass is 576 g/mol. The molecular formula is C31H27F3N4O4. The van der Waals surface area contributed by atoms with Gasteiger partial charge in [0.05, 0.1) is 11.3 Å². The summed E-state index contributed by atoms with van der Waals surface area (Å²) in [5, 5.41) is 5.36. The number of hydrogen-bond donors (Lipinski definition) is 3. The number of alkyl halides is 3. The van der Waals surface area contributed by atoms with Crippen molar-refractivity contribution in [3.05, 3.63) is 95.3 Å². The van der Waals surface area contributed by atoms with Gasteiger partial charge in [-0.1, -0.05) is 50.2 Å². The number of hydrogen-bond acceptors (Lipinski definition) is 5. The number of anilines is 1. The van der Waals surface area contributed by atoms with Crippen LogP contribution in [-0.4, -0.2) is 40.5 Å². The smallest absolute Gasteiger partial charge is 0.441 e. The molecule has 5 rings (SSSR count). The fraction of sp³-hybridized carbons (Fsp3) is 0.226. The van der Waals surface area contributed by atoms with Crippen LogP contribution >= 0.6 is 0 Å². The summed E-state index contributed by atoms with van der Waals surface area (Å²) in [5.74, 6) is -3.35. The van der Waals surface area contributed by atoms with Crippen LogP contribution in [0.1, 0.15) is 53.0 Å². The van der Waals surface area contributed by atoms with E-state index in [2.05, 4.69) is 25.3 Å². The number of halogens is 3. The van der Waals surface area contributed by atoms with Crippen LogP contribution in [0.2, 0.25) is 0 Å². The van der Waals surface area contributed by atoms with Gasteiger partial charge in [-0.3, -0.25) is 14.6 Å². The Morgan fingerprint density at radius 3 is 2.29 bits per heavy atom. The van der Waals surface area contributed by atoms with Gasteiger partial charge in [-0.15, -0.1) is 0 Å². The summed E-state index contributed by atoms with van der Waals surface area (Å²) in [6, 6.07) is 18.3. The Hall–Kier alpha value is -4.93. The van der Waals surface area contributed by atoms with Gasteiger partial charge in [0.25, 0.3) is 11.8 Å². The maximum atomic E-state index is 13.1. The Bertz CT molecular complexity index is 1630. The van der Waals surface area contributed by atoms with Crippen LogP contribution in [0.15, 0.2) is 72.9 Å². The van der Waals surface area contributed by atoms with Crippen LogP contribution < -0.4 is 10.6 Å². The lowest BCUT2D eigenvalue weighted by Crippen LogP contribution is -2.32. The second-order valence-electron chi connectivity index (χ2n) is 10.2. The van der Waals surface area contributed by atoms with Crippen molar-refractivity contribution in [2.45, 2.75) is 38.5 Å². The number of carbonyl (C=O) groups is 3. The Morgan fingerprint density at radius 2 is 1.64 bits per heavy atom. The second kappa shape index (κ2) is 11.5. The third-order valence-corrected chi connectivity index (χ3v) is 6.92. The zero-order valence-corrected chi connectivity index (χ0v) is 22.7. The van der Waals surface area contributed by atoms with Gasteiger partial charge in [0, 0.05) is 52.9 Å². The van der Waals surface area contributed by atoms with E-state index in [1.165, 1.54) is 12.1 Å². The first-order chi connectivity index (χ1) is 20.0. The summed E-state index contributed by atoms with van der Waals surface area (Å²) in [5.41, 5.74) is 5.76. The van der Waals surface area contributed by atoms with Crippen LogP contribution in [0, 0.1) is 0 Å². The first-order valence-corrected chi connectivity index (χ1v) is 13.2. The summed E-state index contributed by atoms with van der Waals surface area (Å²) >= 11 is 0. The normalized spacial score (nSPS) is 13.7. The average molecular weight is 577 g/mol. The van der Waals surface area contributed by atoms with E-state index in [0.29, 0.717) is 29.8 Å². The summed E-state index contributed by atoms with van der Waals surface area (Å²) in [7, 11) is 0. The van der Waals surface area contributed by atoms with Crippen molar-refractivity contribution < 1.29 is 32.3 Å². The van der Waals surface area contributed by atoms with Crippen molar-refractivity contribution in [2.24, 2.45) is 0 Å². The van der Waals surface area contributed by atoms with E-state index in [9.17, 15) is 27.6 Å². The molecule has 4 aromatic rings. The van der Waals surface area contributed by atoms with Crippen LogP contribution in [-0.2, 0) is 20.7 Å². The quantitative estimate of drug-likeness (QED) is 0.236. The fourth-order valence-corrected chi connectivity index (χ4v) is 4.64. The SMILES string of the molecule is CC(C)c1ccc(C(OC(=O)C(F)(F)F)C(=O)Nc2ccc(-c3cc(-c4cc5c([nH]4)CCNC5=O)ccn3)cc2)cc1. The number of aromatic amines is 1. The minimum atomic E-state index is -5.26. The zero-order valence-electron chi connectivity index (χ0n) is 22.7. The van der Waals surface area contributed by atoms with Crippen LogP contribution in [0.25, 0.3) is 22.5 Å². The van der Waals surface area contributed by atoms with Gasteiger partial charge in [-0.25, -0.2) is 4.79 Å². The number of rotatable bonds is 7. The topological polar surface area (TPSA) is 113 Å². The minimum absolute atomic E-state index is 0.107. The van der Waals surface area contributed by atoms with E-state index < -0.39 is 24.2 Å². The molecule has 3 N–H and O–H groups in total. The number of pyridine rings is 1. The van der Waals surface area contributed by atoms with E-state index in [1.54, 1.807) is 48.7 Å². The number of nitrogens with zero attached hydrogens (tertiary/aromatic N) is 1. The molecule has 216 valence electrons. The molecule has 2 aromatic heterocycles. The van der Waals surface area contributed by atoms with Gasteiger partial charge in [-0.2, -0.15) is 13.2 Å². The Labute approximate surface area is 239 Å². The number of benzene rings is 2. The van der Waals surface area contributed by atoms with Gasteiger partial charge in [0.15, 0.2) is 0 Å². The Kier molecular flexibility index (Phi) is 7.84. The number of aromatic nitrogens is 2. The summed E-state index contributed by atoms with van der Waals surface area (Å²) in [4.78, 5) is 44.5. The van der Waals surface area contributed by atoms with Crippen LogP contribution in [0.3, 0.4) is 0 Å². The van der Waals surface area contributed by atoms with Crippen LogP contribution in [0.4, 0.5) is 18.9 Å². The van der Waals surface area contributed by atoms with Gasteiger partial charge in [-0.05, 0) is 41.8 Å². The van der Waals surface area contributed by atoms with Crippen molar-refractivity contribution in [2.75, 3.05) is 11.9 Å². The molecule has 8 nitrogen and oxygen atoms in total. The molecule has 0 bridgehead atoms. The predicted octanol–water partition coefficient (Wildman–Crippen LogP) is 5.94. The first-order valence-electron chi connectivity index (χ1n) is 13.2. The van der Waals surface area contributed by atoms with Gasteiger partial charge < -0.3 is 20.4 Å². The molecule has 0 radical (unpaired) electrons. The van der Waals surface area contributed by atoms with E-state index in [-0.39, 0.29) is 23.1 Å². The molecule has 2 amide bonds. The van der Waals surface area contributed by atoms with Gasteiger partial charge in [0.1, 0.15) is 0 Å². The number of esters is 1. The third kappa shape index (κ3) is 6.19. The van der Waals surface area contributed by atoms with Crippen molar-refractivity contribution in [3.8, 4) is 22.5 Å². The molecule has 0 aliphatic carbocycles. The number of carbonyl (C=O) groups excluding carboxylic acids is 3. The highest BCUT2D eigenvalue weighted by molar-refractivity contribution is 5.98. The fourth-order valence-electron chi connectivity index (χ4n) is 4.64. The lowest BCUT2D eigenvalue weighted by molar-refractivity contribution is -0.205. The molecule has 1 atom stereocenters.